The Bertz CT molecular complexity index is 486. The first-order chi connectivity index (χ1) is 8.79. The van der Waals surface area contributed by atoms with Crippen LogP contribution in [-0.2, 0) is 0 Å². The molecule has 3 heteroatoms. The molecule has 1 N–H and O–H groups in total. The fourth-order valence-electron chi connectivity index (χ4n) is 2.21. The summed E-state index contributed by atoms with van der Waals surface area (Å²) in [6, 6.07) is 6.46. The first kappa shape index (κ1) is 12.6. The lowest BCUT2D eigenvalue weighted by Gasteiger charge is -2.13. The van der Waals surface area contributed by atoms with Crippen LogP contribution in [0.2, 0.25) is 0 Å². The first-order valence-corrected chi connectivity index (χ1v) is 6.41. The van der Waals surface area contributed by atoms with E-state index in [9.17, 15) is 4.39 Å². The smallest absolute Gasteiger partial charge is 0.143 e. The molecule has 2 nitrogen and oxygen atoms in total. The minimum atomic E-state index is -0.459. The maximum Gasteiger partial charge on any atom is 0.143 e. The third kappa shape index (κ3) is 3.33. The summed E-state index contributed by atoms with van der Waals surface area (Å²) in [6.07, 6.45) is 8.32. The molecule has 0 spiro atoms. The van der Waals surface area contributed by atoms with Gasteiger partial charge < -0.3 is 5.32 Å². The second kappa shape index (κ2) is 6.20. The highest BCUT2D eigenvalue weighted by molar-refractivity contribution is 5.48. The van der Waals surface area contributed by atoms with Crippen LogP contribution in [0.15, 0.2) is 29.8 Å². The van der Waals surface area contributed by atoms with Crippen LogP contribution < -0.4 is 5.32 Å². The SMILES string of the molecule is N#Cc1ccc(NCCC2=CCCCC2)cc1F. The van der Waals surface area contributed by atoms with Crippen LogP contribution in [0.1, 0.15) is 37.7 Å². The van der Waals surface area contributed by atoms with E-state index in [1.165, 1.54) is 43.4 Å². The van der Waals surface area contributed by atoms with Crippen LogP contribution >= 0.6 is 0 Å². The molecule has 1 aliphatic carbocycles. The maximum atomic E-state index is 13.4. The molecule has 94 valence electrons. The molecule has 0 heterocycles. The summed E-state index contributed by atoms with van der Waals surface area (Å²) in [6.45, 7) is 0.817. The fraction of sp³-hybridized carbons (Fsp3) is 0.400. The molecule has 0 atom stereocenters. The Balaban J connectivity index is 1.85. The molecular formula is C15H17FN2. The first-order valence-electron chi connectivity index (χ1n) is 6.41. The van der Waals surface area contributed by atoms with Crippen molar-refractivity contribution in [1.29, 1.82) is 5.26 Å². The normalized spacial score (nSPS) is 14.8. The molecule has 0 saturated carbocycles. The number of allylic oxidation sites excluding steroid dienone is 1. The molecule has 0 amide bonds. The number of anilines is 1. The highest BCUT2D eigenvalue weighted by atomic mass is 19.1. The zero-order valence-corrected chi connectivity index (χ0v) is 10.4. The Morgan fingerprint density at radius 1 is 1.33 bits per heavy atom. The van der Waals surface area contributed by atoms with Gasteiger partial charge in [0.05, 0.1) is 5.56 Å². The molecule has 1 aromatic carbocycles. The van der Waals surface area contributed by atoms with Crippen molar-refractivity contribution in [1.82, 2.24) is 0 Å². The topological polar surface area (TPSA) is 35.8 Å². The van der Waals surface area contributed by atoms with E-state index < -0.39 is 5.82 Å². The lowest BCUT2D eigenvalue weighted by molar-refractivity contribution is 0.624. The van der Waals surface area contributed by atoms with E-state index in [1.54, 1.807) is 6.07 Å². The van der Waals surface area contributed by atoms with Crippen molar-refractivity contribution in [3.05, 3.63) is 41.2 Å². The van der Waals surface area contributed by atoms with E-state index in [4.69, 9.17) is 5.26 Å². The van der Waals surface area contributed by atoms with Gasteiger partial charge in [0.1, 0.15) is 11.9 Å². The lowest BCUT2D eigenvalue weighted by Crippen LogP contribution is -2.04. The van der Waals surface area contributed by atoms with Crippen LogP contribution in [0, 0.1) is 17.1 Å². The zero-order chi connectivity index (χ0) is 12.8. The summed E-state index contributed by atoms with van der Waals surface area (Å²) in [4.78, 5) is 0. The molecule has 2 rings (SSSR count). The summed E-state index contributed by atoms with van der Waals surface area (Å²) in [5.74, 6) is -0.459. The predicted molar refractivity (Wildman–Crippen MR) is 70.8 cm³/mol. The highest BCUT2D eigenvalue weighted by Crippen LogP contribution is 2.20. The average molecular weight is 244 g/mol. The standard InChI is InChI=1S/C15H17FN2/c16-15-10-14(7-6-13(15)11-17)18-9-8-12-4-2-1-3-5-12/h4,6-7,10,18H,1-3,5,8-9H2. The third-order valence-electron chi connectivity index (χ3n) is 3.25. The van der Waals surface area contributed by atoms with Crippen molar-refractivity contribution in [2.45, 2.75) is 32.1 Å². The van der Waals surface area contributed by atoms with Crippen LogP contribution in [0.25, 0.3) is 0 Å². The molecule has 1 aromatic rings. The van der Waals surface area contributed by atoms with Gasteiger partial charge in [-0.15, -0.1) is 0 Å². The number of rotatable bonds is 4. The van der Waals surface area contributed by atoms with Crippen LogP contribution in [0.4, 0.5) is 10.1 Å². The van der Waals surface area contributed by atoms with Gasteiger partial charge in [0.2, 0.25) is 0 Å². The predicted octanol–water partition coefficient (Wildman–Crippen LogP) is 4.00. The van der Waals surface area contributed by atoms with Crippen molar-refractivity contribution in [3.8, 4) is 6.07 Å². The minimum absolute atomic E-state index is 0.0931. The molecule has 0 unspecified atom stereocenters. The monoisotopic (exact) mass is 244 g/mol. The molecular weight excluding hydrogens is 227 g/mol. The van der Waals surface area contributed by atoms with Crippen molar-refractivity contribution in [2.75, 3.05) is 11.9 Å². The Kier molecular flexibility index (Phi) is 4.35. The molecule has 1 aliphatic rings. The van der Waals surface area contributed by atoms with Gasteiger partial charge in [0, 0.05) is 12.2 Å². The van der Waals surface area contributed by atoms with Gasteiger partial charge in [-0.3, -0.25) is 0 Å². The van der Waals surface area contributed by atoms with Gasteiger partial charge >= 0.3 is 0 Å². The summed E-state index contributed by atoms with van der Waals surface area (Å²) in [5.41, 5.74) is 2.33. The van der Waals surface area contributed by atoms with Gasteiger partial charge in [0.25, 0.3) is 0 Å². The number of nitrogens with one attached hydrogen (secondary N) is 1. The quantitative estimate of drug-likeness (QED) is 0.812. The van der Waals surface area contributed by atoms with Crippen LogP contribution in [0.3, 0.4) is 0 Å². The second-order valence-electron chi connectivity index (χ2n) is 4.59. The Hall–Kier alpha value is -1.82. The van der Waals surface area contributed by atoms with Crippen LogP contribution in [0.5, 0.6) is 0 Å². The number of halogens is 1. The van der Waals surface area contributed by atoms with E-state index >= 15 is 0 Å². The molecule has 0 bridgehead atoms. The number of hydrogen-bond acceptors (Lipinski definition) is 2. The van der Waals surface area contributed by atoms with Crippen molar-refractivity contribution >= 4 is 5.69 Å². The molecule has 0 radical (unpaired) electrons. The Labute approximate surface area is 107 Å². The number of nitriles is 1. The Morgan fingerprint density at radius 2 is 2.22 bits per heavy atom. The lowest BCUT2D eigenvalue weighted by atomic mass is 9.97. The van der Waals surface area contributed by atoms with Crippen LogP contribution in [-0.4, -0.2) is 6.54 Å². The van der Waals surface area contributed by atoms with Gasteiger partial charge in [-0.2, -0.15) is 5.26 Å². The molecule has 0 aromatic heterocycles. The number of hydrogen-bond donors (Lipinski definition) is 1. The molecule has 0 fully saturated rings. The molecule has 0 aliphatic heterocycles. The maximum absolute atomic E-state index is 13.4. The summed E-state index contributed by atoms with van der Waals surface area (Å²) in [5, 5.41) is 11.8. The largest absolute Gasteiger partial charge is 0.385 e. The summed E-state index contributed by atoms with van der Waals surface area (Å²) in [7, 11) is 0. The van der Waals surface area contributed by atoms with E-state index in [1.807, 2.05) is 6.07 Å². The van der Waals surface area contributed by atoms with Gasteiger partial charge in [0.15, 0.2) is 0 Å². The summed E-state index contributed by atoms with van der Waals surface area (Å²) >= 11 is 0. The number of nitrogens with zero attached hydrogens (tertiary/aromatic N) is 1. The van der Waals surface area contributed by atoms with Crippen molar-refractivity contribution in [3.63, 3.8) is 0 Å². The van der Waals surface area contributed by atoms with Gasteiger partial charge in [-0.05, 0) is 50.3 Å². The minimum Gasteiger partial charge on any atom is -0.385 e. The second-order valence-corrected chi connectivity index (χ2v) is 4.59. The Morgan fingerprint density at radius 3 is 2.89 bits per heavy atom. The van der Waals surface area contributed by atoms with E-state index in [0.29, 0.717) is 0 Å². The summed E-state index contributed by atoms with van der Waals surface area (Å²) < 4.78 is 13.4. The zero-order valence-electron chi connectivity index (χ0n) is 10.4. The van der Waals surface area contributed by atoms with E-state index in [0.717, 1.165) is 18.7 Å². The van der Waals surface area contributed by atoms with E-state index in [2.05, 4.69) is 11.4 Å². The third-order valence-corrected chi connectivity index (χ3v) is 3.25. The average Bonchev–Trinajstić information content (AvgIpc) is 2.40. The van der Waals surface area contributed by atoms with Crippen molar-refractivity contribution in [2.24, 2.45) is 0 Å². The van der Waals surface area contributed by atoms with Gasteiger partial charge in [-0.1, -0.05) is 11.6 Å². The molecule has 18 heavy (non-hydrogen) atoms. The van der Waals surface area contributed by atoms with Crippen molar-refractivity contribution < 1.29 is 4.39 Å². The highest BCUT2D eigenvalue weighted by Gasteiger charge is 2.04. The number of benzene rings is 1. The molecule has 0 saturated heterocycles. The van der Waals surface area contributed by atoms with E-state index in [-0.39, 0.29) is 5.56 Å². The fourth-order valence-corrected chi connectivity index (χ4v) is 2.21. The van der Waals surface area contributed by atoms with Gasteiger partial charge in [-0.25, -0.2) is 4.39 Å².